The molecular formula is C18H20N4O. The van der Waals surface area contributed by atoms with Gasteiger partial charge >= 0.3 is 0 Å². The first-order valence-corrected chi connectivity index (χ1v) is 8.07. The molecule has 0 atom stereocenters. The van der Waals surface area contributed by atoms with Crippen molar-refractivity contribution < 1.29 is 4.52 Å². The van der Waals surface area contributed by atoms with Crippen LogP contribution in [0.3, 0.4) is 0 Å². The molecule has 0 N–H and O–H groups in total. The van der Waals surface area contributed by atoms with Gasteiger partial charge in [-0.15, -0.1) is 0 Å². The molecule has 0 saturated heterocycles. The van der Waals surface area contributed by atoms with Crippen molar-refractivity contribution >= 4 is 0 Å². The molecule has 4 rings (SSSR count). The standard InChI is InChI=1S/C18H20N4O/c1-4-14-11-15(22(3)20-14)16-19-17(21-23-16)18(8-9-18)13-7-5-6-12(2)10-13/h5-7,10-11H,4,8-9H2,1-3H3. The van der Waals surface area contributed by atoms with E-state index in [2.05, 4.69) is 48.4 Å². The van der Waals surface area contributed by atoms with E-state index in [9.17, 15) is 0 Å². The summed E-state index contributed by atoms with van der Waals surface area (Å²) in [6.07, 6.45) is 3.03. The number of rotatable bonds is 4. The van der Waals surface area contributed by atoms with Crippen molar-refractivity contribution in [2.75, 3.05) is 0 Å². The third-order valence-corrected chi connectivity index (χ3v) is 4.69. The van der Waals surface area contributed by atoms with Gasteiger partial charge in [0.05, 0.1) is 11.1 Å². The average Bonchev–Trinajstić information content (AvgIpc) is 3.05. The minimum atomic E-state index is -0.0695. The summed E-state index contributed by atoms with van der Waals surface area (Å²) in [7, 11) is 1.91. The van der Waals surface area contributed by atoms with Gasteiger partial charge in [0, 0.05) is 7.05 Å². The Kier molecular flexibility index (Phi) is 3.11. The highest BCUT2D eigenvalue weighted by Gasteiger charge is 2.50. The molecule has 5 nitrogen and oxygen atoms in total. The molecule has 1 aliphatic carbocycles. The lowest BCUT2D eigenvalue weighted by atomic mass is 9.94. The quantitative estimate of drug-likeness (QED) is 0.741. The number of nitrogens with zero attached hydrogens (tertiary/aromatic N) is 4. The minimum absolute atomic E-state index is 0.0695. The van der Waals surface area contributed by atoms with Crippen LogP contribution >= 0.6 is 0 Å². The second-order valence-corrected chi connectivity index (χ2v) is 6.37. The van der Waals surface area contributed by atoms with Crippen LogP contribution in [0.1, 0.15) is 42.4 Å². The van der Waals surface area contributed by atoms with Crippen molar-refractivity contribution in [3.8, 4) is 11.6 Å². The van der Waals surface area contributed by atoms with Crippen molar-refractivity contribution in [2.24, 2.45) is 7.05 Å². The van der Waals surface area contributed by atoms with Crippen LogP contribution in [0.5, 0.6) is 0 Å². The van der Waals surface area contributed by atoms with Crippen molar-refractivity contribution in [1.82, 2.24) is 19.9 Å². The Hall–Kier alpha value is -2.43. The fourth-order valence-corrected chi connectivity index (χ4v) is 3.13. The molecular weight excluding hydrogens is 288 g/mol. The first-order chi connectivity index (χ1) is 11.1. The first-order valence-electron chi connectivity index (χ1n) is 8.07. The molecule has 0 unspecified atom stereocenters. The summed E-state index contributed by atoms with van der Waals surface area (Å²) in [5, 5.41) is 8.73. The molecule has 1 fully saturated rings. The zero-order valence-corrected chi connectivity index (χ0v) is 13.7. The zero-order chi connectivity index (χ0) is 16.0. The van der Waals surface area contributed by atoms with Gasteiger partial charge in [0.15, 0.2) is 5.82 Å². The third kappa shape index (κ3) is 2.27. The maximum Gasteiger partial charge on any atom is 0.276 e. The molecule has 2 heterocycles. The molecule has 3 aromatic rings. The summed E-state index contributed by atoms with van der Waals surface area (Å²) in [6.45, 7) is 4.20. The SMILES string of the molecule is CCc1cc(-c2nc(C3(c4cccc(C)c4)CC3)no2)n(C)n1. The van der Waals surface area contributed by atoms with E-state index in [0.29, 0.717) is 5.89 Å². The molecule has 1 aliphatic rings. The van der Waals surface area contributed by atoms with Crippen molar-refractivity contribution in [3.05, 3.63) is 53.0 Å². The maximum absolute atomic E-state index is 5.55. The topological polar surface area (TPSA) is 56.7 Å². The van der Waals surface area contributed by atoms with E-state index < -0.39 is 0 Å². The Balaban J connectivity index is 1.72. The van der Waals surface area contributed by atoms with Crippen LogP contribution in [-0.2, 0) is 18.9 Å². The van der Waals surface area contributed by atoms with E-state index in [0.717, 1.165) is 36.5 Å². The van der Waals surface area contributed by atoms with Crippen LogP contribution < -0.4 is 0 Å². The van der Waals surface area contributed by atoms with Gasteiger partial charge in [-0.1, -0.05) is 41.9 Å². The van der Waals surface area contributed by atoms with Crippen LogP contribution in [0.15, 0.2) is 34.9 Å². The lowest BCUT2D eigenvalue weighted by molar-refractivity contribution is 0.415. The fourth-order valence-electron chi connectivity index (χ4n) is 3.13. The molecule has 1 aromatic carbocycles. The van der Waals surface area contributed by atoms with Crippen LogP contribution in [0, 0.1) is 6.92 Å². The van der Waals surface area contributed by atoms with E-state index in [4.69, 9.17) is 9.51 Å². The van der Waals surface area contributed by atoms with Gasteiger partial charge in [0.2, 0.25) is 0 Å². The van der Waals surface area contributed by atoms with Crippen molar-refractivity contribution in [2.45, 2.75) is 38.5 Å². The summed E-state index contributed by atoms with van der Waals surface area (Å²) in [4.78, 5) is 4.69. The second kappa shape index (κ2) is 5.05. The molecule has 118 valence electrons. The van der Waals surface area contributed by atoms with Gasteiger partial charge < -0.3 is 4.52 Å². The van der Waals surface area contributed by atoms with Gasteiger partial charge in [-0.25, -0.2) is 0 Å². The lowest BCUT2D eigenvalue weighted by Gasteiger charge is -2.11. The number of aromatic nitrogens is 4. The Labute approximate surface area is 135 Å². The average molecular weight is 308 g/mol. The van der Waals surface area contributed by atoms with Crippen molar-refractivity contribution in [1.29, 1.82) is 0 Å². The monoisotopic (exact) mass is 308 g/mol. The number of hydrogen-bond acceptors (Lipinski definition) is 4. The van der Waals surface area contributed by atoms with Gasteiger partial charge in [-0.05, 0) is 37.8 Å². The normalized spacial score (nSPS) is 15.8. The Morgan fingerprint density at radius 3 is 2.74 bits per heavy atom. The summed E-state index contributed by atoms with van der Waals surface area (Å²) in [5.74, 6) is 1.34. The Morgan fingerprint density at radius 1 is 1.26 bits per heavy atom. The summed E-state index contributed by atoms with van der Waals surface area (Å²) in [5.41, 5.74) is 4.38. The number of hydrogen-bond donors (Lipinski definition) is 0. The largest absolute Gasteiger partial charge is 0.332 e. The van der Waals surface area contributed by atoms with E-state index in [-0.39, 0.29) is 5.41 Å². The molecule has 0 aliphatic heterocycles. The highest BCUT2D eigenvalue weighted by atomic mass is 16.5. The number of aryl methyl sites for hydroxylation is 3. The highest BCUT2D eigenvalue weighted by Crippen LogP contribution is 2.52. The van der Waals surface area contributed by atoms with Crippen LogP contribution in [0.25, 0.3) is 11.6 Å². The van der Waals surface area contributed by atoms with Gasteiger partial charge in [0.1, 0.15) is 5.69 Å². The van der Waals surface area contributed by atoms with Crippen LogP contribution in [0.4, 0.5) is 0 Å². The van der Waals surface area contributed by atoms with E-state index in [1.165, 1.54) is 11.1 Å². The van der Waals surface area contributed by atoms with E-state index in [1.807, 2.05) is 17.8 Å². The Bertz CT molecular complexity index is 858. The van der Waals surface area contributed by atoms with Crippen LogP contribution in [0.2, 0.25) is 0 Å². The predicted octanol–water partition coefficient (Wildman–Crippen LogP) is 3.42. The van der Waals surface area contributed by atoms with Crippen LogP contribution in [-0.4, -0.2) is 19.9 Å². The van der Waals surface area contributed by atoms with E-state index >= 15 is 0 Å². The summed E-state index contributed by atoms with van der Waals surface area (Å²) >= 11 is 0. The highest BCUT2D eigenvalue weighted by molar-refractivity contribution is 5.49. The molecule has 1 saturated carbocycles. The summed E-state index contributed by atoms with van der Waals surface area (Å²) in [6, 6.07) is 10.6. The molecule has 0 spiro atoms. The smallest absolute Gasteiger partial charge is 0.276 e. The molecule has 23 heavy (non-hydrogen) atoms. The summed E-state index contributed by atoms with van der Waals surface area (Å²) < 4.78 is 7.35. The lowest BCUT2D eigenvalue weighted by Crippen LogP contribution is -2.11. The maximum atomic E-state index is 5.55. The fraction of sp³-hybridized carbons (Fsp3) is 0.389. The van der Waals surface area contributed by atoms with E-state index in [1.54, 1.807) is 0 Å². The minimum Gasteiger partial charge on any atom is -0.332 e. The van der Waals surface area contributed by atoms with Gasteiger partial charge in [-0.3, -0.25) is 4.68 Å². The third-order valence-electron chi connectivity index (χ3n) is 4.69. The first kappa shape index (κ1) is 14.2. The molecule has 0 bridgehead atoms. The number of benzene rings is 1. The molecule has 0 amide bonds. The van der Waals surface area contributed by atoms with Gasteiger partial charge in [-0.2, -0.15) is 10.1 Å². The predicted molar refractivity (Wildman–Crippen MR) is 87.1 cm³/mol. The molecule has 5 heteroatoms. The second-order valence-electron chi connectivity index (χ2n) is 6.37. The zero-order valence-electron chi connectivity index (χ0n) is 13.7. The Morgan fingerprint density at radius 2 is 2.09 bits per heavy atom. The molecule has 2 aromatic heterocycles. The van der Waals surface area contributed by atoms with Crippen molar-refractivity contribution in [3.63, 3.8) is 0 Å². The molecule has 0 radical (unpaired) electrons. The van der Waals surface area contributed by atoms with Gasteiger partial charge in [0.25, 0.3) is 5.89 Å².